The third kappa shape index (κ3) is 3.25. The van der Waals surface area contributed by atoms with E-state index in [9.17, 15) is 23.2 Å². The molecule has 1 saturated heterocycles. The van der Waals surface area contributed by atoms with Crippen LogP contribution in [0.1, 0.15) is 22.8 Å². The Morgan fingerprint density at radius 3 is 2.37 bits per heavy atom. The molecule has 27 heavy (non-hydrogen) atoms. The second kappa shape index (κ2) is 6.79. The van der Waals surface area contributed by atoms with Gasteiger partial charge >= 0.3 is 6.03 Å². The summed E-state index contributed by atoms with van der Waals surface area (Å²) in [7, 11) is 1.49. The first-order valence-electron chi connectivity index (χ1n) is 8.03. The summed E-state index contributed by atoms with van der Waals surface area (Å²) in [5, 5.41) is 2.44. The van der Waals surface area contributed by atoms with Gasteiger partial charge in [-0.1, -0.05) is 6.07 Å². The number of nitrogens with zero attached hydrogens (tertiary/aromatic N) is 1. The van der Waals surface area contributed by atoms with Crippen LogP contribution < -0.4 is 10.1 Å². The second-order valence-corrected chi connectivity index (χ2v) is 6.23. The van der Waals surface area contributed by atoms with Crippen molar-refractivity contribution >= 4 is 17.7 Å². The predicted octanol–water partition coefficient (Wildman–Crippen LogP) is 2.62. The average Bonchev–Trinajstić information content (AvgIpc) is 2.88. The molecule has 0 spiro atoms. The number of imide groups is 1. The smallest absolute Gasteiger partial charge is 0.325 e. The van der Waals surface area contributed by atoms with E-state index in [1.807, 2.05) is 0 Å². The number of hydrogen-bond acceptors (Lipinski definition) is 4. The normalized spacial score (nSPS) is 19.2. The lowest BCUT2D eigenvalue weighted by Gasteiger charge is -2.22. The molecule has 0 bridgehead atoms. The first kappa shape index (κ1) is 18.5. The van der Waals surface area contributed by atoms with E-state index in [-0.39, 0.29) is 5.56 Å². The molecule has 1 heterocycles. The van der Waals surface area contributed by atoms with Crippen LogP contribution in [-0.2, 0) is 10.3 Å². The molecule has 1 fully saturated rings. The summed E-state index contributed by atoms with van der Waals surface area (Å²) < 4.78 is 31.7. The molecule has 140 valence electrons. The number of Topliss-reactive ketones (excluding diaryl/α,β-unsaturated/α-hetero) is 1. The number of ether oxygens (including phenoxy) is 1. The molecule has 1 aliphatic heterocycles. The second-order valence-electron chi connectivity index (χ2n) is 6.23. The molecule has 0 radical (unpaired) electrons. The molecule has 2 aromatic rings. The quantitative estimate of drug-likeness (QED) is 0.645. The molecule has 3 rings (SSSR count). The van der Waals surface area contributed by atoms with Gasteiger partial charge in [0.15, 0.2) is 17.4 Å². The zero-order valence-corrected chi connectivity index (χ0v) is 14.6. The highest BCUT2D eigenvalue weighted by molar-refractivity contribution is 6.11. The van der Waals surface area contributed by atoms with Crippen molar-refractivity contribution in [3.63, 3.8) is 0 Å². The van der Waals surface area contributed by atoms with Crippen molar-refractivity contribution in [2.24, 2.45) is 0 Å². The van der Waals surface area contributed by atoms with Gasteiger partial charge in [0.2, 0.25) is 0 Å². The van der Waals surface area contributed by atoms with Crippen LogP contribution >= 0.6 is 0 Å². The maximum absolute atomic E-state index is 13.5. The first-order valence-corrected chi connectivity index (χ1v) is 8.03. The van der Waals surface area contributed by atoms with Crippen LogP contribution in [0.3, 0.4) is 0 Å². The number of carbonyl (C=O) groups is 3. The lowest BCUT2D eigenvalue weighted by Crippen LogP contribution is -2.41. The third-order valence-corrected chi connectivity index (χ3v) is 4.49. The van der Waals surface area contributed by atoms with E-state index in [1.54, 1.807) is 12.1 Å². The fourth-order valence-corrected chi connectivity index (χ4v) is 2.86. The zero-order chi connectivity index (χ0) is 19.8. The number of hydrogen-bond donors (Lipinski definition) is 1. The van der Waals surface area contributed by atoms with Crippen LogP contribution in [0, 0.1) is 11.6 Å². The molecule has 1 unspecified atom stereocenters. The summed E-state index contributed by atoms with van der Waals surface area (Å²) in [6.07, 6.45) is 0. The van der Waals surface area contributed by atoms with Gasteiger partial charge in [0, 0.05) is 5.56 Å². The van der Waals surface area contributed by atoms with Crippen molar-refractivity contribution in [3.8, 4) is 5.75 Å². The number of halogens is 2. The number of ketones is 1. The van der Waals surface area contributed by atoms with Gasteiger partial charge in [0.25, 0.3) is 5.91 Å². The predicted molar refractivity (Wildman–Crippen MR) is 91.3 cm³/mol. The van der Waals surface area contributed by atoms with E-state index >= 15 is 0 Å². The van der Waals surface area contributed by atoms with Crippen molar-refractivity contribution in [1.29, 1.82) is 0 Å². The Balaban J connectivity index is 1.82. The SMILES string of the molecule is COc1ccc(C(=O)CN2C(=O)NC(C)(c3ccc(F)c(F)c3)C2=O)cc1. The van der Waals surface area contributed by atoms with E-state index < -0.39 is 41.4 Å². The average molecular weight is 374 g/mol. The van der Waals surface area contributed by atoms with Crippen molar-refractivity contribution in [3.05, 3.63) is 65.2 Å². The van der Waals surface area contributed by atoms with Crippen LogP contribution in [0.15, 0.2) is 42.5 Å². The summed E-state index contributed by atoms with van der Waals surface area (Å²) in [6.45, 7) is 0.897. The summed E-state index contributed by atoms with van der Waals surface area (Å²) >= 11 is 0. The van der Waals surface area contributed by atoms with Crippen LogP contribution in [0.5, 0.6) is 5.75 Å². The number of urea groups is 1. The number of amides is 3. The molecule has 1 atom stereocenters. The van der Waals surface area contributed by atoms with Gasteiger partial charge in [0.1, 0.15) is 11.3 Å². The van der Waals surface area contributed by atoms with E-state index in [1.165, 1.54) is 32.2 Å². The van der Waals surface area contributed by atoms with E-state index in [2.05, 4.69) is 5.32 Å². The molecule has 1 aliphatic rings. The summed E-state index contributed by atoms with van der Waals surface area (Å²) in [4.78, 5) is 38.2. The first-order chi connectivity index (χ1) is 12.8. The Morgan fingerprint density at radius 1 is 1.11 bits per heavy atom. The van der Waals surface area contributed by atoms with E-state index in [0.717, 1.165) is 17.0 Å². The molecule has 2 aromatic carbocycles. The molecule has 0 saturated carbocycles. The molecule has 3 amide bonds. The monoisotopic (exact) mass is 374 g/mol. The van der Waals surface area contributed by atoms with Crippen LogP contribution in [0.4, 0.5) is 13.6 Å². The molecule has 6 nitrogen and oxygen atoms in total. The largest absolute Gasteiger partial charge is 0.497 e. The highest BCUT2D eigenvalue weighted by atomic mass is 19.2. The zero-order valence-electron chi connectivity index (χ0n) is 14.6. The summed E-state index contributed by atoms with van der Waals surface area (Å²) in [6, 6.07) is 8.38. The standard InChI is InChI=1S/C19H16F2N2O4/c1-19(12-5-8-14(20)15(21)9-12)17(25)23(18(26)22-19)10-16(24)11-3-6-13(27-2)7-4-11/h3-9H,10H2,1-2H3,(H,22,26). The lowest BCUT2D eigenvalue weighted by atomic mass is 9.92. The van der Waals surface area contributed by atoms with Gasteiger partial charge in [-0.2, -0.15) is 0 Å². The van der Waals surface area contributed by atoms with Gasteiger partial charge in [-0.05, 0) is 48.9 Å². The van der Waals surface area contributed by atoms with E-state index in [4.69, 9.17) is 4.74 Å². The molecule has 8 heteroatoms. The number of nitrogens with one attached hydrogen (secondary N) is 1. The Bertz CT molecular complexity index is 930. The minimum absolute atomic E-state index is 0.0825. The van der Waals surface area contributed by atoms with Crippen LogP contribution in [0.25, 0.3) is 0 Å². The molecule has 0 aliphatic carbocycles. The maximum atomic E-state index is 13.5. The fraction of sp³-hybridized carbons (Fsp3) is 0.211. The van der Waals surface area contributed by atoms with Crippen molar-refractivity contribution in [2.75, 3.05) is 13.7 Å². The third-order valence-electron chi connectivity index (χ3n) is 4.49. The van der Waals surface area contributed by atoms with Gasteiger partial charge in [-0.25, -0.2) is 13.6 Å². The number of carbonyl (C=O) groups excluding carboxylic acids is 3. The highest BCUT2D eigenvalue weighted by Crippen LogP contribution is 2.30. The Kier molecular flexibility index (Phi) is 4.65. The molecular weight excluding hydrogens is 358 g/mol. The molecular formula is C19H16F2N2O4. The van der Waals surface area contributed by atoms with Gasteiger partial charge in [-0.15, -0.1) is 0 Å². The Labute approximate surface area is 153 Å². The fourth-order valence-electron chi connectivity index (χ4n) is 2.86. The Morgan fingerprint density at radius 2 is 1.78 bits per heavy atom. The minimum Gasteiger partial charge on any atom is -0.497 e. The lowest BCUT2D eigenvalue weighted by molar-refractivity contribution is -0.130. The van der Waals surface area contributed by atoms with E-state index in [0.29, 0.717) is 11.3 Å². The molecule has 1 N–H and O–H groups in total. The van der Waals surface area contributed by atoms with Crippen molar-refractivity contribution in [2.45, 2.75) is 12.5 Å². The number of benzene rings is 2. The van der Waals surface area contributed by atoms with Crippen LogP contribution in [0.2, 0.25) is 0 Å². The number of rotatable bonds is 5. The highest BCUT2D eigenvalue weighted by Gasteiger charge is 2.49. The van der Waals surface area contributed by atoms with Crippen LogP contribution in [-0.4, -0.2) is 36.3 Å². The summed E-state index contributed by atoms with van der Waals surface area (Å²) in [5.41, 5.74) is -1.21. The van der Waals surface area contributed by atoms with Crippen molar-refractivity contribution < 1.29 is 27.9 Å². The molecule has 0 aromatic heterocycles. The van der Waals surface area contributed by atoms with Crippen molar-refractivity contribution in [1.82, 2.24) is 10.2 Å². The van der Waals surface area contributed by atoms with Gasteiger partial charge < -0.3 is 10.1 Å². The number of methoxy groups -OCH3 is 1. The maximum Gasteiger partial charge on any atom is 0.325 e. The Hall–Kier alpha value is -3.29. The topological polar surface area (TPSA) is 75.7 Å². The van der Waals surface area contributed by atoms with Gasteiger partial charge in [-0.3, -0.25) is 14.5 Å². The van der Waals surface area contributed by atoms with Gasteiger partial charge in [0.05, 0.1) is 13.7 Å². The minimum atomic E-state index is -1.59. The summed E-state index contributed by atoms with van der Waals surface area (Å²) in [5.74, 6) is -2.81.